The number of hydrogen-bond acceptors (Lipinski definition) is 2. The van der Waals surface area contributed by atoms with Crippen LogP contribution in [-0.4, -0.2) is 19.4 Å². The van der Waals surface area contributed by atoms with E-state index in [0.717, 1.165) is 35.1 Å². The maximum Gasteiger partial charge on any atom is 0.152 e. The topological polar surface area (TPSA) is 20.3 Å². The molecule has 0 bridgehead atoms. The van der Waals surface area contributed by atoms with Crippen LogP contribution in [0.3, 0.4) is 0 Å². The van der Waals surface area contributed by atoms with Crippen molar-refractivity contribution in [2.45, 2.75) is 13.8 Å². The third-order valence-corrected chi connectivity index (χ3v) is 2.79. The zero-order valence-corrected chi connectivity index (χ0v) is 11.3. The van der Waals surface area contributed by atoms with Gasteiger partial charge in [0.25, 0.3) is 0 Å². The van der Waals surface area contributed by atoms with Gasteiger partial charge in [0.2, 0.25) is 0 Å². The standard InChI is InChI=1S/C13H16BrNO/c1-4-15(8-10(2)3)13-6-5-12(14)7-11(13)9-16/h5-7,9H,2,4,8H2,1,3H3. The third kappa shape index (κ3) is 3.20. The molecule has 0 aliphatic carbocycles. The molecule has 3 heteroatoms. The maximum atomic E-state index is 11.0. The van der Waals surface area contributed by atoms with Gasteiger partial charge < -0.3 is 4.90 Å². The lowest BCUT2D eigenvalue weighted by Crippen LogP contribution is -2.25. The van der Waals surface area contributed by atoms with Gasteiger partial charge in [-0.05, 0) is 32.0 Å². The van der Waals surface area contributed by atoms with E-state index in [-0.39, 0.29) is 0 Å². The molecule has 0 radical (unpaired) electrons. The SMILES string of the molecule is C=C(C)CN(CC)c1ccc(Br)cc1C=O. The quantitative estimate of drug-likeness (QED) is 0.606. The summed E-state index contributed by atoms with van der Waals surface area (Å²) >= 11 is 3.36. The van der Waals surface area contributed by atoms with Gasteiger partial charge in [-0.15, -0.1) is 0 Å². The summed E-state index contributed by atoms with van der Waals surface area (Å²) in [6.07, 6.45) is 0.890. The van der Waals surface area contributed by atoms with Crippen molar-refractivity contribution in [2.75, 3.05) is 18.0 Å². The van der Waals surface area contributed by atoms with Gasteiger partial charge in [-0.25, -0.2) is 0 Å². The smallest absolute Gasteiger partial charge is 0.152 e. The van der Waals surface area contributed by atoms with Gasteiger partial charge in [0, 0.05) is 28.8 Å². The second-order valence-electron chi connectivity index (χ2n) is 3.79. The first kappa shape index (κ1) is 13.0. The number of anilines is 1. The van der Waals surface area contributed by atoms with Crippen molar-refractivity contribution in [3.63, 3.8) is 0 Å². The minimum Gasteiger partial charge on any atom is -0.367 e. The van der Waals surface area contributed by atoms with E-state index in [1.165, 1.54) is 0 Å². The zero-order valence-electron chi connectivity index (χ0n) is 9.66. The van der Waals surface area contributed by atoms with E-state index in [1.54, 1.807) is 0 Å². The molecule has 0 fully saturated rings. The summed E-state index contributed by atoms with van der Waals surface area (Å²) in [5, 5.41) is 0. The molecule has 0 atom stereocenters. The molecule has 0 aliphatic rings. The van der Waals surface area contributed by atoms with E-state index in [4.69, 9.17) is 0 Å². The monoisotopic (exact) mass is 281 g/mol. The molecule has 0 N–H and O–H groups in total. The third-order valence-electron chi connectivity index (χ3n) is 2.30. The molecule has 0 spiro atoms. The highest BCUT2D eigenvalue weighted by Crippen LogP contribution is 2.23. The van der Waals surface area contributed by atoms with E-state index in [0.29, 0.717) is 5.56 Å². The van der Waals surface area contributed by atoms with Crippen LogP contribution in [0.1, 0.15) is 24.2 Å². The van der Waals surface area contributed by atoms with Gasteiger partial charge in [-0.2, -0.15) is 0 Å². The van der Waals surface area contributed by atoms with Crippen molar-refractivity contribution in [2.24, 2.45) is 0 Å². The molecule has 0 heterocycles. The van der Waals surface area contributed by atoms with Gasteiger partial charge in [-0.1, -0.05) is 28.1 Å². The second-order valence-corrected chi connectivity index (χ2v) is 4.71. The van der Waals surface area contributed by atoms with Crippen molar-refractivity contribution in [3.8, 4) is 0 Å². The Hall–Kier alpha value is -1.09. The fourth-order valence-electron chi connectivity index (χ4n) is 1.60. The minimum absolute atomic E-state index is 0.706. The first-order chi connectivity index (χ1) is 7.58. The minimum atomic E-state index is 0.706. The van der Waals surface area contributed by atoms with Gasteiger partial charge >= 0.3 is 0 Å². The highest BCUT2D eigenvalue weighted by molar-refractivity contribution is 9.10. The molecule has 0 amide bonds. The van der Waals surface area contributed by atoms with Crippen LogP contribution in [0.15, 0.2) is 34.8 Å². The number of rotatable bonds is 5. The van der Waals surface area contributed by atoms with E-state index in [2.05, 4.69) is 34.3 Å². The van der Waals surface area contributed by atoms with E-state index in [1.807, 2.05) is 25.1 Å². The van der Waals surface area contributed by atoms with Crippen LogP contribution in [0.5, 0.6) is 0 Å². The fourth-order valence-corrected chi connectivity index (χ4v) is 1.98. The lowest BCUT2D eigenvalue weighted by Gasteiger charge is -2.24. The highest BCUT2D eigenvalue weighted by atomic mass is 79.9. The lowest BCUT2D eigenvalue weighted by molar-refractivity contribution is 0.112. The summed E-state index contributed by atoms with van der Waals surface area (Å²) in [6, 6.07) is 5.74. The average molecular weight is 282 g/mol. The number of nitrogens with zero attached hydrogens (tertiary/aromatic N) is 1. The molecule has 1 aromatic carbocycles. The van der Waals surface area contributed by atoms with E-state index >= 15 is 0 Å². The maximum absolute atomic E-state index is 11.0. The molecule has 1 aromatic rings. The zero-order chi connectivity index (χ0) is 12.1. The summed E-state index contributed by atoms with van der Waals surface area (Å²) in [5.41, 5.74) is 2.75. The van der Waals surface area contributed by atoms with Crippen LogP contribution in [0.25, 0.3) is 0 Å². The number of carbonyl (C=O) groups is 1. The van der Waals surface area contributed by atoms with Crippen LogP contribution < -0.4 is 4.90 Å². The van der Waals surface area contributed by atoms with Crippen molar-refractivity contribution < 1.29 is 4.79 Å². The number of halogens is 1. The molecule has 0 saturated carbocycles. The van der Waals surface area contributed by atoms with Crippen LogP contribution in [0.2, 0.25) is 0 Å². The van der Waals surface area contributed by atoms with Crippen molar-refractivity contribution >= 4 is 27.9 Å². The Kier molecular flexibility index (Phi) is 4.74. The van der Waals surface area contributed by atoms with Crippen molar-refractivity contribution in [3.05, 3.63) is 40.4 Å². The van der Waals surface area contributed by atoms with Crippen LogP contribution in [-0.2, 0) is 0 Å². The molecule has 0 aromatic heterocycles. The number of benzene rings is 1. The molecule has 1 rings (SSSR count). The fraction of sp³-hybridized carbons (Fsp3) is 0.308. The molecule has 16 heavy (non-hydrogen) atoms. The Morgan fingerprint density at radius 3 is 2.75 bits per heavy atom. The summed E-state index contributed by atoms with van der Waals surface area (Å²) in [5.74, 6) is 0. The van der Waals surface area contributed by atoms with Gasteiger partial charge in [0.05, 0.1) is 0 Å². The van der Waals surface area contributed by atoms with E-state index in [9.17, 15) is 4.79 Å². The van der Waals surface area contributed by atoms with Crippen molar-refractivity contribution in [1.29, 1.82) is 0 Å². The van der Waals surface area contributed by atoms with Gasteiger partial charge in [0.1, 0.15) is 0 Å². The van der Waals surface area contributed by atoms with E-state index < -0.39 is 0 Å². The Balaban J connectivity index is 3.08. The average Bonchev–Trinajstić information content (AvgIpc) is 2.25. The van der Waals surface area contributed by atoms with Gasteiger partial charge in [0.15, 0.2) is 6.29 Å². The van der Waals surface area contributed by atoms with Gasteiger partial charge in [-0.3, -0.25) is 4.79 Å². The van der Waals surface area contributed by atoms with Crippen LogP contribution >= 0.6 is 15.9 Å². The summed E-state index contributed by atoms with van der Waals surface area (Å²) in [6.45, 7) is 9.59. The number of carbonyl (C=O) groups excluding carboxylic acids is 1. The molecule has 0 aliphatic heterocycles. The normalized spacial score (nSPS) is 9.94. The largest absolute Gasteiger partial charge is 0.367 e. The predicted molar refractivity (Wildman–Crippen MR) is 72.2 cm³/mol. The molecule has 86 valence electrons. The highest BCUT2D eigenvalue weighted by Gasteiger charge is 2.09. The second kappa shape index (κ2) is 5.85. The molecular formula is C13H16BrNO. The first-order valence-corrected chi connectivity index (χ1v) is 6.01. The number of likely N-dealkylation sites (N-methyl/N-ethyl adjacent to an activating group) is 1. The van der Waals surface area contributed by atoms with Crippen LogP contribution in [0, 0.1) is 0 Å². The Morgan fingerprint density at radius 2 is 2.25 bits per heavy atom. The Labute approximate surface area is 105 Å². The summed E-state index contributed by atoms with van der Waals surface area (Å²) in [7, 11) is 0. The Bertz CT molecular complexity index is 401. The van der Waals surface area contributed by atoms with Crippen LogP contribution in [0.4, 0.5) is 5.69 Å². The Morgan fingerprint density at radius 1 is 1.56 bits per heavy atom. The summed E-state index contributed by atoms with van der Waals surface area (Å²) < 4.78 is 0.921. The van der Waals surface area contributed by atoms with Crippen molar-refractivity contribution in [1.82, 2.24) is 0 Å². The molecule has 2 nitrogen and oxygen atoms in total. The molecule has 0 saturated heterocycles. The summed E-state index contributed by atoms with van der Waals surface area (Å²) in [4.78, 5) is 13.2. The number of hydrogen-bond donors (Lipinski definition) is 0. The lowest BCUT2D eigenvalue weighted by atomic mass is 10.1. The molecular weight excluding hydrogens is 266 g/mol. The predicted octanol–water partition coefficient (Wildman–Crippen LogP) is 3.66. The molecule has 0 unspecified atom stereocenters. The first-order valence-electron chi connectivity index (χ1n) is 5.22. The number of aldehydes is 1.